The first kappa shape index (κ1) is 13.4. The molecule has 0 unspecified atom stereocenters. The number of hydrogen-bond donors (Lipinski definition) is 1. The zero-order valence-electron chi connectivity index (χ0n) is 11.4. The quantitative estimate of drug-likeness (QED) is 0.737. The highest BCUT2D eigenvalue weighted by atomic mass is 35.5. The van der Waals surface area contributed by atoms with E-state index < -0.39 is 0 Å². The number of nitrogens with zero attached hydrogens (tertiary/aromatic N) is 2. The molecule has 0 saturated heterocycles. The smallest absolute Gasteiger partial charge is 0.103 e. The second-order valence-electron chi connectivity index (χ2n) is 4.81. The minimum Gasteiger partial charge on any atom is -0.354 e. The van der Waals surface area contributed by atoms with Crippen LogP contribution in [0.3, 0.4) is 0 Å². The fraction of sp³-hybridized carbons (Fsp3) is 0.0588. The molecule has 1 N–H and O–H groups in total. The van der Waals surface area contributed by atoms with Crippen LogP contribution in [0, 0.1) is 18.3 Å². The molecule has 1 aromatic heterocycles. The minimum atomic E-state index is 0.491. The SMILES string of the molecule is Cc1ccc(Nc2c(C#N)cnc3ccc(Cl)cc23)cc1. The monoisotopic (exact) mass is 293 g/mol. The van der Waals surface area contributed by atoms with E-state index in [1.54, 1.807) is 12.3 Å². The summed E-state index contributed by atoms with van der Waals surface area (Å²) in [5.41, 5.74) is 4.13. The Balaban J connectivity index is 2.17. The average molecular weight is 294 g/mol. The van der Waals surface area contributed by atoms with Crippen molar-refractivity contribution in [3.8, 4) is 6.07 Å². The van der Waals surface area contributed by atoms with E-state index >= 15 is 0 Å². The second kappa shape index (κ2) is 5.43. The van der Waals surface area contributed by atoms with E-state index in [1.165, 1.54) is 5.56 Å². The lowest BCUT2D eigenvalue weighted by Gasteiger charge is -2.12. The second-order valence-corrected chi connectivity index (χ2v) is 5.25. The number of benzene rings is 2. The fourth-order valence-electron chi connectivity index (χ4n) is 2.17. The van der Waals surface area contributed by atoms with Crippen LogP contribution < -0.4 is 5.32 Å². The lowest BCUT2D eigenvalue weighted by Crippen LogP contribution is -1.96. The minimum absolute atomic E-state index is 0.491. The van der Waals surface area contributed by atoms with E-state index in [1.807, 2.05) is 43.3 Å². The molecule has 0 bridgehead atoms. The Hall–Kier alpha value is -2.57. The van der Waals surface area contributed by atoms with Crippen LogP contribution in [0.4, 0.5) is 11.4 Å². The van der Waals surface area contributed by atoms with Crippen molar-refractivity contribution >= 4 is 33.9 Å². The Morgan fingerprint density at radius 3 is 2.62 bits per heavy atom. The summed E-state index contributed by atoms with van der Waals surface area (Å²) in [6, 6.07) is 15.6. The van der Waals surface area contributed by atoms with Crippen molar-refractivity contribution in [3.63, 3.8) is 0 Å². The molecule has 0 amide bonds. The number of aromatic nitrogens is 1. The first-order valence-electron chi connectivity index (χ1n) is 6.49. The fourth-order valence-corrected chi connectivity index (χ4v) is 2.34. The molecule has 21 heavy (non-hydrogen) atoms. The topological polar surface area (TPSA) is 48.7 Å². The number of rotatable bonds is 2. The molecule has 1 heterocycles. The Bertz CT molecular complexity index is 848. The van der Waals surface area contributed by atoms with Gasteiger partial charge in [0.05, 0.1) is 16.8 Å². The van der Waals surface area contributed by atoms with Crippen molar-refractivity contribution in [2.75, 3.05) is 5.32 Å². The number of halogens is 1. The predicted molar refractivity (Wildman–Crippen MR) is 85.9 cm³/mol. The number of nitriles is 1. The zero-order valence-corrected chi connectivity index (χ0v) is 12.1. The Morgan fingerprint density at radius 1 is 1.14 bits per heavy atom. The number of aryl methyl sites for hydroxylation is 1. The van der Waals surface area contributed by atoms with E-state index in [4.69, 9.17) is 11.6 Å². The number of nitrogens with one attached hydrogen (secondary N) is 1. The number of anilines is 2. The maximum atomic E-state index is 9.31. The van der Waals surface area contributed by atoms with Crippen LogP contribution in [0.1, 0.15) is 11.1 Å². The van der Waals surface area contributed by atoms with Crippen LogP contribution in [-0.4, -0.2) is 4.98 Å². The van der Waals surface area contributed by atoms with Gasteiger partial charge in [0, 0.05) is 22.3 Å². The van der Waals surface area contributed by atoms with Gasteiger partial charge < -0.3 is 5.32 Å². The predicted octanol–water partition coefficient (Wildman–Crippen LogP) is 4.81. The van der Waals surface area contributed by atoms with Gasteiger partial charge in [-0.15, -0.1) is 0 Å². The normalized spacial score (nSPS) is 10.3. The van der Waals surface area contributed by atoms with Crippen LogP contribution in [-0.2, 0) is 0 Å². The molecule has 2 aromatic carbocycles. The highest BCUT2D eigenvalue weighted by molar-refractivity contribution is 6.31. The molecule has 0 radical (unpaired) electrons. The summed E-state index contributed by atoms with van der Waals surface area (Å²) >= 11 is 6.07. The van der Waals surface area contributed by atoms with E-state index in [9.17, 15) is 5.26 Å². The lowest BCUT2D eigenvalue weighted by molar-refractivity contribution is 1.36. The molecule has 3 aromatic rings. The molecule has 102 valence electrons. The lowest BCUT2D eigenvalue weighted by atomic mass is 10.1. The van der Waals surface area contributed by atoms with Crippen molar-refractivity contribution in [1.82, 2.24) is 4.98 Å². The van der Waals surface area contributed by atoms with Crippen LogP contribution in [0.25, 0.3) is 10.9 Å². The van der Waals surface area contributed by atoms with Crippen molar-refractivity contribution < 1.29 is 0 Å². The van der Waals surface area contributed by atoms with E-state index in [0.717, 1.165) is 22.3 Å². The van der Waals surface area contributed by atoms with Gasteiger partial charge in [0.25, 0.3) is 0 Å². The molecule has 0 aliphatic heterocycles. The third kappa shape index (κ3) is 2.67. The first-order chi connectivity index (χ1) is 10.2. The number of hydrogen-bond acceptors (Lipinski definition) is 3. The molecule has 0 aliphatic rings. The third-order valence-electron chi connectivity index (χ3n) is 3.27. The van der Waals surface area contributed by atoms with Crippen molar-refractivity contribution in [2.45, 2.75) is 6.92 Å². The van der Waals surface area contributed by atoms with Gasteiger partial charge in [-0.05, 0) is 37.3 Å². The summed E-state index contributed by atoms with van der Waals surface area (Å²) in [5.74, 6) is 0. The zero-order chi connectivity index (χ0) is 14.8. The molecule has 0 aliphatic carbocycles. The molecule has 0 atom stereocenters. The summed E-state index contributed by atoms with van der Waals surface area (Å²) in [7, 11) is 0. The largest absolute Gasteiger partial charge is 0.354 e. The van der Waals surface area contributed by atoms with Gasteiger partial charge in [-0.3, -0.25) is 4.98 Å². The van der Waals surface area contributed by atoms with Crippen LogP contribution in [0.5, 0.6) is 0 Å². The highest BCUT2D eigenvalue weighted by Gasteiger charge is 2.09. The molecule has 3 rings (SSSR count). The van der Waals surface area contributed by atoms with Gasteiger partial charge in [-0.25, -0.2) is 0 Å². The van der Waals surface area contributed by atoms with Crippen molar-refractivity contribution in [3.05, 3.63) is 64.8 Å². The van der Waals surface area contributed by atoms with Gasteiger partial charge >= 0.3 is 0 Å². The summed E-state index contributed by atoms with van der Waals surface area (Å²) in [5, 5.41) is 14.1. The molecular formula is C17H12ClN3. The van der Waals surface area contributed by atoms with Gasteiger partial charge in [-0.2, -0.15) is 5.26 Å². The van der Waals surface area contributed by atoms with Crippen molar-refractivity contribution in [1.29, 1.82) is 5.26 Å². The maximum Gasteiger partial charge on any atom is 0.103 e. The number of fused-ring (bicyclic) bond motifs is 1. The molecule has 3 nitrogen and oxygen atoms in total. The highest BCUT2D eigenvalue weighted by Crippen LogP contribution is 2.30. The number of pyridine rings is 1. The Kier molecular flexibility index (Phi) is 3.47. The van der Waals surface area contributed by atoms with E-state index in [2.05, 4.69) is 16.4 Å². The standard InChI is InChI=1S/C17H12ClN3/c1-11-2-5-14(6-3-11)21-17-12(9-19)10-20-16-7-4-13(18)8-15(16)17/h2-8,10H,1H3,(H,20,21). The summed E-state index contributed by atoms with van der Waals surface area (Å²) in [6.45, 7) is 2.03. The van der Waals surface area contributed by atoms with Crippen LogP contribution >= 0.6 is 11.6 Å². The molecule has 0 spiro atoms. The molecule has 0 fully saturated rings. The van der Waals surface area contributed by atoms with Gasteiger partial charge in [-0.1, -0.05) is 29.3 Å². The van der Waals surface area contributed by atoms with Crippen LogP contribution in [0.2, 0.25) is 5.02 Å². The Morgan fingerprint density at radius 2 is 1.90 bits per heavy atom. The average Bonchev–Trinajstić information content (AvgIpc) is 2.50. The summed E-state index contributed by atoms with van der Waals surface area (Å²) in [6.07, 6.45) is 1.58. The van der Waals surface area contributed by atoms with Gasteiger partial charge in [0.2, 0.25) is 0 Å². The Labute approximate surface area is 127 Å². The molecule has 0 saturated carbocycles. The maximum absolute atomic E-state index is 9.31. The van der Waals surface area contributed by atoms with Gasteiger partial charge in [0.15, 0.2) is 0 Å². The first-order valence-corrected chi connectivity index (χ1v) is 6.87. The molecular weight excluding hydrogens is 282 g/mol. The van der Waals surface area contributed by atoms with Crippen LogP contribution in [0.15, 0.2) is 48.7 Å². The van der Waals surface area contributed by atoms with Crippen molar-refractivity contribution in [2.24, 2.45) is 0 Å². The van der Waals surface area contributed by atoms with E-state index in [0.29, 0.717) is 10.6 Å². The van der Waals surface area contributed by atoms with E-state index in [-0.39, 0.29) is 0 Å². The summed E-state index contributed by atoms with van der Waals surface area (Å²) in [4.78, 5) is 4.29. The van der Waals surface area contributed by atoms with Gasteiger partial charge in [0.1, 0.15) is 6.07 Å². The summed E-state index contributed by atoms with van der Waals surface area (Å²) < 4.78 is 0. The third-order valence-corrected chi connectivity index (χ3v) is 3.51. The molecule has 4 heteroatoms.